The molecule has 148 valence electrons. The smallest absolute Gasteiger partial charge is 0.324 e. The zero-order valence-electron chi connectivity index (χ0n) is 15.4. The van der Waals surface area contributed by atoms with E-state index in [1.54, 1.807) is 0 Å². The second-order valence-corrected chi connectivity index (χ2v) is 6.10. The van der Waals surface area contributed by atoms with Gasteiger partial charge in [-0.15, -0.1) is 24.0 Å². The quantitative estimate of drug-likeness (QED) is 0.270. The lowest BCUT2D eigenvalue weighted by atomic mass is 10.3. The van der Waals surface area contributed by atoms with Gasteiger partial charge in [0, 0.05) is 38.9 Å². The van der Waals surface area contributed by atoms with Crippen LogP contribution in [0.4, 0.5) is 10.6 Å². The van der Waals surface area contributed by atoms with Gasteiger partial charge in [-0.3, -0.25) is 14.7 Å². The first kappa shape index (κ1) is 21.2. The lowest BCUT2D eigenvalue weighted by molar-refractivity contribution is -0.124. The standard InChI is InChI=1S/C17H25N7O2.HI/c1-2-18-16(20-7-8-24-15(25)13-21-17(24)26)23-11-9-22(10-12-23)14-5-3-4-6-19-14;/h3-6H,2,7-13H2,1H3,(H,18,20)(H,21,26);1H. The first-order valence-electron chi connectivity index (χ1n) is 8.96. The lowest BCUT2D eigenvalue weighted by Crippen LogP contribution is -2.53. The minimum absolute atomic E-state index is 0. The van der Waals surface area contributed by atoms with Crippen molar-refractivity contribution in [1.82, 2.24) is 25.4 Å². The summed E-state index contributed by atoms with van der Waals surface area (Å²) < 4.78 is 0. The molecule has 0 saturated carbocycles. The Balaban J connectivity index is 0.00000261. The number of nitrogens with one attached hydrogen (secondary N) is 2. The van der Waals surface area contributed by atoms with E-state index in [-0.39, 0.29) is 42.5 Å². The van der Waals surface area contributed by atoms with Crippen LogP contribution in [0.2, 0.25) is 0 Å². The first-order chi connectivity index (χ1) is 12.7. The Bertz CT molecular complexity index is 647. The molecular weight excluding hydrogens is 461 g/mol. The molecule has 0 aromatic carbocycles. The van der Waals surface area contributed by atoms with Crippen LogP contribution >= 0.6 is 24.0 Å². The topological polar surface area (TPSA) is 93.2 Å². The number of anilines is 1. The maximum absolute atomic E-state index is 11.6. The second kappa shape index (κ2) is 10.3. The van der Waals surface area contributed by atoms with E-state index in [4.69, 9.17) is 0 Å². The first-order valence-corrected chi connectivity index (χ1v) is 8.96. The molecule has 1 aromatic rings. The summed E-state index contributed by atoms with van der Waals surface area (Å²) in [4.78, 5) is 37.9. The maximum atomic E-state index is 11.6. The SMILES string of the molecule is CCNC(=NCCN1C(=O)CNC1=O)N1CCN(c2ccccn2)CC1.I. The zero-order valence-corrected chi connectivity index (χ0v) is 17.8. The molecule has 3 heterocycles. The predicted molar refractivity (Wildman–Crippen MR) is 115 cm³/mol. The number of hydrogen-bond donors (Lipinski definition) is 2. The zero-order chi connectivity index (χ0) is 18.4. The van der Waals surface area contributed by atoms with Crippen molar-refractivity contribution in [3.05, 3.63) is 24.4 Å². The molecule has 0 atom stereocenters. The van der Waals surface area contributed by atoms with Crippen molar-refractivity contribution in [3.63, 3.8) is 0 Å². The van der Waals surface area contributed by atoms with Gasteiger partial charge in [0.25, 0.3) is 0 Å². The molecule has 3 amide bonds. The Hall–Kier alpha value is -2.11. The molecule has 0 unspecified atom stereocenters. The van der Waals surface area contributed by atoms with Crippen molar-refractivity contribution in [2.24, 2.45) is 4.99 Å². The normalized spacial score (nSPS) is 17.7. The molecule has 0 aliphatic carbocycles. The molecule has 9 nitrogen and oxygen atoms in total. The third-order valence-electron chi connectivity index (χ3n) is 4.41. The Kier molecular flexibility index (Phi) is 8.07. The van der Waals surface area contributed by atoms with Crippen molar-refractivity contribution in [1.29, 1.82) is 0 Å². The number of urea groups is 1. The van der Waals surface area contributed by atoms with E-state index >= 15 is 0 Å². The summed E-state index contributed by atoms with van der Waals surface area (Å²) in [6.07, 6.45) is 1.81. The van der Waals surface area contributed by atoms with Gasteiger partial charge in [0.1, 0.15) is 5.82 Å². The highest BCUT2D eigenvalue weighted by Gasteiger charge is 2.27. The second-order valence-electron chi connectivity index (χ2n) is 6.10. The Morgan fingerprint density at radius 2 is 2.04 bits per heavy atom. The third-order valence-corrected chi connectivity index (χ3v) is 4.41. The van der Waals surface area contributed by atoms with Crippen LogP contribution in [0.15, 0.2) is 29.4 Å². The number of carbonyl (C=O) groups is 2. The fourth-order valence-corrected chi connectivity index (χ4v) is 3.05. The summed E-state index contributed by atoms with van der Waals surface area (Å²) >= 11 is 0. The van der Waals surface area contributed by atoms with Gasteiger partial charge in [0.2, 0.25) is 5.91 Å². The number of imide groups is 1. The van der Waals surface area contributed by atoms with Gasteiger partial charge in [-0.1, -0.05) is 6.07 Å². The Morgan fingerprint density at radius 1 is 1.26 bits per heavy atom. The average molecular weight is 487 g/mol. The predicted octanol–water partition coefficient (Wildman–Crippen LogP) is 0.339. The van der Waals surface area contributed by atoms with Gasteiger partial charge >= 0.3 is 6.03 Å². The third kappa shape index (κ3) is 5.44. The van der Waals surface area contributed by atoms with Crippen LogP contribution in [0.1, 0.15) is 6.92 Å². The Labute approximate surface area is 176 Å². The van der Waals surface area contributed by atoms with Crippen LogP contribution in [-0.2, 0) is 4.79 Å². The molecular formula is C17H26IN7O2. The summed E-state index contributed by atoms with van der Waals surface area (Å²) in [5.74, 6) is 1.62. The minimum atomic E-state index is -0.334. The molecule has 0 spiro atoms. The van der Waals surface area contributed by atoms with Crippen molar-refractivity contribution >= 4 is 47.7 Å². The van der Waals surface area contributed by atoms with Crippen LogP contribution in [0.5, 0.6) is 0 Å². The highest BCUT2D eigenvalue weighted by atomic mass is 127. The molecule has 2 saturated heterocycles. The molecule has 2 aliphatic heterocycles. The number of nitrogens with zero attached hydrogens (tertiary/aromatic N) is 5. The summed E-state index contributed by atoms with van der Waals surface area (Å²) in [6, 6.07) is 5.60. The van der Waals surface area contributed by atoms with Crippen molar-refractivity contribution in [3.8, 4) is 0 Å². The fraction of sp³-hybridized carbons (Fsp3) is 0.529. The molecule has 2 fully saturated rings. The molecule has 2 N–H and O–H groups in total. The molecule has 10 heteroatoms. The molecule has 1 aromatic heterocycles. The largest absolute Gasteiger partial charge is 0.357 e. The van der Waals surface area contributed by atoms with E-state index in [0.717, 1.165) is 44.5 Å². The molecule has 2 aliphatic rings. The van der Waals surface area contributed by atoms with E-state index in [2.05, 4.69) is 30.4 Å². The monoisotopic (exact) mass is 487 g/mol. The highest BCUT2D eigenvalue weighted by Crippen LogP contribution is 2.12. The summed E-state index contributed by atoms with van der Waals surface area (Å²) in [5.41, 5.74) is 0. The number of hydrogen-bond acceptors (Lipinski definition) is 5. The number of carbonyl (C=O) groups excluding carboxylic acids is 2. The number of amides is 3. The summed E-state index contributed by atoms with van der Waals surface area (Å²) in [7, 11) is 0. The number of aromatic nitrogens is 1. The van der Waals surface area contributed by atoms with E-state index in [1.165, 1.54) is 4.90 Å². The van der Waals surface area contributed by atoms with Crippen LogP contribution in [0, 0.1) is 0 Å². The highest BCUT2D eigenvalue weighted by molar-refractivity contribution is 14.0. The van der Waals surface area contributed by atoms with Gasteiger partial charge < -0.3 is 20.4 Å². The number of pyridine rings is 1. The molecule has 3 rings (SSSR count). The molecule has 27 heavy (non-hydrogen) atoms. The number of piperazine rings is 1. The number of halogens is 1. The van der Waals surface area contributed by atoms with E-state index < -0.39 is 0 Å². The average Bonchev–Trinajstić information content (AvgIpc) is 3.00. The lowest BCUT2D eigenvalue weighted by Gasteiger charge is -2.37. The van der Waals surface area contributed by atoms with Crippen LogP contribution in [0.25, 0.3) is 0 Å². The van der Waals surface area contributed by atoms with E-state index in [9.17, 15) is 9.59 Å². The number of rotatable bonds is 5. The maximum Gasteiger partial charge on any atom is 0.324 e. The van der Waals surface area contributed by atoms with Crippen molar-refractivity contribution in [2.75, 3.05) is 57.3 Å². The van der Waals surface area contributed by atoms with E-state index in [0.29, 0.717) is 13.1 Å². The van der Waals surface area contributed by atoms with Gasteiger partial charge in [-0.25, -0.2) is 9.78 Å². The van der Waals surface area contributed by atoms with Crippen molar-refractivity contribution < 1.29 is 9.59 Å². The number of aliphatic imine (C=N–C) groups is 1. The molecule has 0 bridgehead atoms. The van der Waals surface area contributed by atoms with Gasteiger partial charge in [-0.2, -0.15) is 0 Å². The van der Waals surface area contributed by atoms with Crippen LogP contribution in [0.3, 0.4) is 0 Å². The molecule has 0 radical (unpaired) electrons. The van der Waals surface area contributed by atoms with Crippen LogP contribution in [-0.4, -0.2) is 85.0 Å². The van der Waals surface area contributed by atoms with Crippen molar-refractivity contribution in [2.45, 2.75) is 6.92 Å². The summed E-state index contributed by atoms with van der Waals surface area (Å²) in [5, 5.41) is 5.81. The van der Waals surface area contributed by atoms with Gasteiger partial charge in [-0.05, 0) is 19.1 Å². The summed E-state index contributed by atoms with van der Waals surface area (Å²) in [6.45, 7) is 6.98. The Morgan fingerprint density at radius 3 is 2.63 bits per heavy atom. The minimum Gasteiger partial charge on any atom is -0.357 e. The van der Waals surface area contributed by atoms with Crippen LogP contribution < -0.4 is 15.5 Å². The van der Waals surface area contributed by atoms with Gasteiger partial charge in [0.05, 0.1) is 19.6 Å². The number of guanidine groups is 1. The van der Waals surface area contributed by atoms with Gasteiger partial charge in [0.15, 0.2) is 5.96 Å². The van der Waals surface area contributed by atoms with E-state index in [1.807, 2.05) is 31.3 Å². The fourth-order valence-electron chi connectivity index (χ4n) is 3.05.